The van der Waals surface area contributed by atoms with E-state index in [1.54, 1.807) is 0 Å². The van der Waals surface area contributed by atoms with Crippen molar-refractivity contribution in [3.05, 3.63) is 29.8 Å². The summed E-state index contributed by atoms with van der Waals surface area (Å²) in [5, 5.41) is 15.3. The molecule has 0 amide bonds. The topological polar surface area (TPSA) is 76.0 Å². The van der Waals surface area contributed by atoms with Crippen LogP contribution in [0.1, 0.15) is 10.6 Å². The maximum atomic E-state index is 13.0. The van der Waals surface area contributed by atoms with Gasteiger partial charge in [0.25, 0.3) is 5.82 Å². The van der Waals surface area contributed by atoms with Gasteiger partial charge in [0.2, 0.25) is 0 Å². The average Bonchev–Trinajstić information content (AvgIpc) is 2.17. The molecule has 0 saturated carbocycles. The Balaban J connectivity index is 2.73. The van der Waals surface area contributed by atoms with Crippen LogP contribution in [0.2, 0.25) is 0 Å². The van der Waals surface area contributed by atoms with Gasteiger partial charge in [0.05, 0.1) is 5.52 Å². The van der Waals surface area contributed by atoms with Gasteiger partial charge in [0.15, 0.2) is 5.82 Å². The lowest BCUT2D eigenvalue weighted by Gasteiger charge is -1.96. The fourth-order valence-electron chi connectivity index (χ4n) is 1.02. The summed E-state index contributed by atoms with van der Waals surface area (Å²) in [6.07, 6.45) is 0. The highest BCUT2D eigenvalue weighted by atomic mass is 19.1. The van der Waals surface area contributed by atoms with Crippen molar-refractivity contribution in [2.24, 2.45) is 0 Å². The molecule has 2 rings (SSSR count). The summed E-state index contributed by atoms with van der Waals surface area (Å²) >= 11 is 0. The molecule has 0 aliphatic heterocycles. The molecule has 1 heterocycles. The van der Waals surface area contributed by atoms with Crippen molar-refractivity contribution in [3.8, 4) is 0 Å². The maximum Gasteiger partial charge on any atom is 0.375 e. The average molecular weight is 193 g/mol. The van der Waals surface area contributed by atoms with Crippen LogP contribution < -0.4 is 0 Å². The molecule has 1 aromatic carbocycles. The summed E-state index contributed by atoms with van der Waals surface area (Å²) in [7, 11) is 0. The Hall–Kier alpha value is -2.11. The van der Waals surface area contributed by atoms with E-state index < -0.39 is 17.6 Å². The second-order valence-corrected chi connectivity index (χ2v) is 2.55. The first-order valence-corrected chi connectivity index (χ1v) is 3.71. The van der Waals surface area contributed by atoms with Crippen LogP contribution in [0.3, 0.4) is 0 Å². The Morgan fingerprint density at radius 1 is 1.36 bits per heavy atom. The number of carboxylic acid groups (broad SMARTS) is 1. The van der Waals surface area contributed by atoms with E-state index in [0.717, 1.165) is 0 Å². The minimum absolute atomic E-state index is 0.0301. The van der Waals surface area contributed by atoms with Gasteiger partial charge in [-0.15, -0.1) is 10.2 Å². The number of aromatic nitrogens is 3. The highest BCUT2D eigenvalue weighted by molar-refractivity contribution is 5.85. The third-order valence-electron chi connectivity index (χ3n) is 1.63. The molecule has 0 aliphatic rings. The van der Waals surface area contributed by atoms with Crippen molar-refractivity contribution >= 4 is 17.0 Å². The highest BCUT2D eigenvalue weighted by Crippen LogP contribution is 2.11. The second-order valence-electron chi connectivity index (χ2n) is 2.55. The summed E-state index contributed by atoms with van der Waals surface area (Å²) in [6.45, 7) is 0. The van der Waals surface area contributed by atoms with E-state index in [4.69, 9.17) is 5.11 Å². The van der Waals surface area contributed by atoms with E-state index in [1.165, 1.54) is 18.2 Å². The number of nitrogens with zero attached hydrogens (tertiary/aromatic N) is 3. The molecule has 14 heavy (non-hydrogen) atoms. The lowest BCUT2D eigenvalue weighted by atomic mass is 10.3. The molecule has 0 bridgehead atoms. The summed E-state index contributed by atoms with van der Waals surface area (Å²) in [6, 6.07) is 4.11. The molecule has 5 nitrogen and oxygen atoms in total. The van der Waals surface area contributed by atoms with Crippen molar-refractivity contribution in [2.75, 3.05) is 0 Å². The molecule has 0 saturated heterocycles. The van der Waals surface area contributed by atoms with Crippen LogP contribution in [0.15, 0.2) is 18.2 Å². The zero-order valence-corrected chi connectivity index (χ0v) is 6.81. The Labute approximate surface area is 77.2 Å². The van der Waals surface area contributed by atoms with Crippen molar-refractivity contribution in [3.63, 3.8) is 0 Å². The van der Waals surface area contributed by atoms with Crippen LogP contribution in [-0.2, 0) is 0 Å². The second kappa shape index (κ2) is 2.99. The van der Waals surface area contributed by atoms with Crippen LogP contribution in [0.25, 0.3) is 11.0 Å². The van der Waals surface area contributed by atoms with Gasteiger partial charge in [-0.05, 0) is 12.1 Å². The number of aromatic carboxylic acids is 1. The number of halogens is 1. The van der Waals surface area contributed by atoms with Crippen LogP contribution in [0.5, 0.6) is 0 Å². The third-order valence-corrected chi connectivity index (χ3v) is 1.63. The fraction of sp³-hybridized carbons (Fsp3) is 0. The maximum absolute atomic E-state index is 13.0. The summed E-state index contributed by atoms with van der Waals surface area (Å²) in [5.41, 5.74) is 0.148. The lowest BCUT2D eigenvalue weighted by Crippen LogP contribution is -2.06. The molecule has 0 fully saturated rings. The van der Waals surface area contributed by atoms with E-state index in [9.17, 15) is 9.18 Å². The number of benzene rings is 1. The first-order chi connectivity index (χ1) is 6.68. The number of rotatable bonds is 1. The van der Waals surface area contributed by atoms with Gasteiger partial charge in [0.1, 0.15) is 5.52 Å². The van der Waals surface area contributed by atoms with Crippen molar-refractivity contribution in [2.45, 2.75) is 0 Å². The standard InChI is InChI=1S/C8H4FN3O2/c9-4-2-1-3-5-6(4)11-12-7(10-5)8(13)14/h1-3H,(H,13,14). The van der Waals surface area contributed by atoms with Gasteiger partial charge in [-0.25, -0.2) is 14.2 Å². The van der Waals surface area contributed by atoms with Crippen LogP contribution in [0.4, 0.5) is 4.39 Å². The summed E-state index contributed by atoms with van der Waals surface area (Å²) in [4.78, 5) is 14.1. The Kier molecular flexibility index (Phi) is 1.81. The zero-order valence-electron chi connectivity index (χ0n) is 6.81. The van der Waals surface area contributed by atoms with E-state index in [1.807, 2.05) is 0 Å². The van der Waals surface area contributed by atoms with E-state index in [0.29, 0.717) is 0 Å². The van der Waals surface area contributed by atoms with E-state index in [2.05, 4.69) is 15.2 Å². The fourth-order valence-corrected chi connectivity index (χ4v) is 1.02. The highest BCUT2D eigenvalue weighted by Gasteiger charge is 2.10. The monoisotopic (exact) mass is 193 g/mol. The number of carboxylic acids is 1. The molecule has 2 aromatic rings. The Bertz CT molecular complexity index is 515. The minimum Gasteiger partial charge on any atom is -0.475 e. The molecule has 1 N–H and O–H groups in total. The Morgan fingerprint density at radius 2 is 2.14 bits per heavy atom. The lowest BCUT2D eigenvalue weighted by molar-refractivity contribution is 0.0682. The predicted octanol–water partition coefficient (Wildman–Crippen LogP) is 0.862. The van der Waals surface area contributed by atoms with Crippen LogP contribution in [0, 0.1) is 5.82 Å². The molecule has 0 radical (unpaired) electrons. The van der Waals surface area contributed by atoms with Gasteiger partial charge in [-0.3, -0.25) is 0 Å². The van der Waals surface area contributed by atoms with Gasteiger partial charge in [0, 0.05) is 0 Å². The number of hydrogen-bond donors (Lipinski definition) is 1. The van der Waals surface area contributed by atoms with Crippen molar-refractivity contribution < 1.29 is 14.3 Å². The quantitative estimate of drug-likeness (QED) is 0.726. The first kappa shape index (κ1) is 8.49. The first-order valence-electron chi connectivity index (χ1n) is 3.71. The van der Waals surface area contributed by atoms with Crippen LogP contribution >= 0.6 is 0 Å². The smallest absolute Gasteiger partial charge is 0.375 e. The predicted molar refractivity (Wildman–Crippen MR) is 44.3 cm³/mol. The largest absolute Gasteiger partial charge is 0.475 e. The number of carbonyl (C=O) groups is 1. The van der Waals surface area contributed by atoms with Gasteiger partial charge < -0.3 is 5.11 Å². The minimum atomic E-state index is -1.29. The molecular weight excluding hydrogens is 189 g/mol. The molecule has 0 spiro atoms. The molecule has 70 valence electrons. The number of fused-ring (bicyclic) bond motifs is 1. The van der Waals surface area contributed by atoms with Crippen molar-refractivity contribution in [1.82, 2.24) is 15.2 Å². The number of hydrogen-bond acceptors (Lipinski definition) is 4. The summed E-state index contributed by atoms with van der Waals surface area (Å²) < 4.78 is 13.0. The summed E-state index contributed by atoms with van der Waals surface area (Å²) in [5.74, 6) is -2.30. The van der Waals surface area contributed by atoms with Gasteiger partial charge >= 0.3 is 5.97 Å². The third kappa shape index (κ3) is 1.26. The van der Waals surface area contributed by atoms with E-state index in [-0.39, 0.29) is 11.0 Å². The van der Waals surface area contributed by atoms with Gasteiger partial charge in [-0.2, -0.15) is 0 Å². The van der Waals surface area contributed by atoms with Crippen molar-refractivity contribution in [1.29, 1.82) is 0 Å². The molecule has 1 aromatic heterocycles. The molecule has 0 aliphatic carbocycles. The normalized spacial score (nSPS) is 10.4. The Morgan fingerprint density at radius 3 is 2.86 bits per heavy atom. The molecule has 6 heteroatoms. The molecular formula is C8H4FN3O2. The van der Waals surface area contributed by atoms with Crippen LogP contribution in [-0.4, -0.2) is 26.3 Å². The molecule has 0 atom stereocenters. The SMILES string of the molecule is O=C(O)c1nnc2c(F)cccc2n1. The van der Waals surface area contributed by atoms with E-state index >= 15 is 0 Å². The zero-order chi connectivity index (χ0) is 10.1. The van der Waals surface area contributed by atoms with Gasteiger partial charge in [-0.1, -0.05) is 6.07 Å². The molecule has 0 unspecified atom stereocenters.